The number of esters is 2. The minimum atomic E-state index is -2.98. The number of ketones is 1. The van der Waals surface area contributed by atoms with Crippen LogP contribution in [0.2, 0.25) is 5.04 Å². The summed E-state index contributed by atoms with van der Waals surface area (Å²) in [4.78, 5) is 38.4. The highest BCUT2D eigenvalue weighted by molar-refractivity contribution is 6.99. The van der Waals surface area contributed by atoms with Gasteiger partial charge in [-0.1, -0.05) is 107 Å². The Labute approximate surface area is 339 Å². The average molecular weight is 799 g/mol. The first-order chi connectivity index (χ1) is 26.7. The van der Waals surface area contributed by atoms with Crippen LogP contribution in [0.15, 0.2) is 72.3 Å². The van der Waals surface area contributed by atoms with Crippen LogP contribution in [0, 0.1) is 34.5 Å². The fourth-order valence-corrected chi connectivity index (χ4v) is 17.8. The highest BCUT2D eigenvalue weighted by atomic mass is 28.4. The molecule has 0 aromatic heterocycles. The summed E-state index contributed by atoms with van der Waals surface area (Å²) in [5.41, 5.74) is -2.53. The maximum absolute atomic E-state index is 13.5. The Kier molecular flexibility index (Phi) is 9.76. The predicted molar refractivity (Wildman–Crippen MR) is 218 cm³/mol. The van der Waals surface area contributed by atoms with Crippen molar-refractivity contribution in [2.75, 3.05) is 6.61 Å². The summed E-state index contributed by atoms with van der Waals surface area (Å²) < 4.78 is 34.2. The first-order valence-electron chi connectivity index (χ1n) is 21.2. The molecule has 57 heavy (non-hydrogen) atoms. The Morgan fingerprint density at radius 3 is 2.09 bits per heavy atom. The van der Waals surface area contributed by atoms with E-state index in [-0.39, 0.29) is 28.9 Å². The lowest BCUT2D eigenvalue weighted by Crippen LogP contribution is -2.67. The van der Waals surface area contributed by atoms with E-state index in [1.165, 1.54) is 13.8 Å². The molecular formula is C47H62O9Si. The number of aliphatic hydroxyl groups is 1. The Bertz CT molecular complexity index is 1900. The molecule has 9 nitrogen and oxygen atoms in total. The van der Waals surface area contributed by atoms with Crippen LogP contribution in [-0.4, -0.2) is 73.1 Å². The van der Waals surface area contributed by atoms with Crippen LogP contribution in [0.25, 0.3) is 0 Å². The third-order valence-electron chi connectivity index (χ3n) is 15.9. The molecule has 0 unspecified atom stereocenters. The molecule has 1 N–H and O–H groups in total. The van der Waals surface area contributed by atoms with Crippen LogP contribution < -0.4 is 10.4 Å². The molecular weight excluding hydrogens is 737 g/mol. The van der Waals surface area contributed by atoms with Crippen molar-refractivity contribution in [1.29, 1.82) is 0 Å². The number of carbonyl (C=O) groups is 3. The SMILES string of the molecule is CC(=O)O[C@@H]1C[C@@](C)(CO[Si](c2ccccc2)(c2ccccc2)C(C)(C)C)O[C@]12O[C@H]1C=C3[C@@H]4CC[C@H]5CC(=O)CC[C@]5(C)[C@H]4C[C@@H](OC(C)=O)[C@]3(C)[C@@]1(O)[C@@H]2C. The van der Waals surface area contributed by atoms with E-state index in [1.807, 2.05) is 32.9 Å². The second kappa shape index (κ2) is 13.7. The van der Waals surface area contributed by atoms with Crippen LogP contribution in [0.5, 0.6) is 0 Å². The van der Waals surface area contributed by atoms with Gasteiger partial charge in [-0.05, 0) is 78.1 Å². The van der Waals surface area contributed by atoms with Gasteiger partial charge in [-0.25, -0.2) is 0 Å². The fourth-order valence-electron chi connectivity index (χ4n) is 13.1. The number of ether oxygens (including phenoxy) is 4. The summed E-state index contributed by atoms with van der Waals surface area (Å²) in [5, 5.41) is 15.5. The number of hydrogen-bond acceptors (Lipinski definition) is 9. The highest BCUT2D eigenvalue weighted by Crippen LogP contribution is 2.72. The molecule has 0 radical (unpaired) electrons. The van der Waals surface area contributed by atoms with Gasteiger partial charge in [-0.2, -0.15) is 0 Å². The number of benzene rings is 2. The summed E-state index contributed by atoms with van der Waals surface area (Å²) in [6.45, 7) is 18.0. The standard InChI is InChI=1S/C47H62O9Si/c1-29-46(51)40(26-38-36-21-20-32-24-33(50)22-23-44(32,8)37(36)25-39(45(38,46)9)53-30(2)48)55-47(29)41(54-31(3)49)27-43(7,56-47)28-52-57(42(4,5)6,34-16-12-10-13-17-34)35-18-14-11-15-19-35/h10-19,26,29,32,36-37,39-41,51H,20-25,27-28H2,1-9H3/t29-,32-,36+,37-,39+,40-,41+,43-,44-,45+,46+,47-/m0/s1. The lowest BCUT2D eigenvalue weighted by molar-refractivity contribution is -0.282. The number of fused-ring (bicyclic) bond motifs is 7. The largest absolute Gasteiger partial charge is 0.462 e. The summed E-state index contributed by atoms with van der Waals surface area (Å²) in [7, 11) is -2.98. The van der Waals surface area contributed by atoms with Crippen LogP contribution in [-0.2, 0) is 37.8 Å². The van der Waals surface area contributed by atoms with Crippen molar-refractivity contribution in [3.05, 3.63) is 72.3 Å². The van der Waals surface area contributed by atoms with Crippen LogP contribution in [0.4, 0.5) is 0 Å². The molecule has 2 aromatic carbocycles. The van der Waals surface area contributed by atoms with E-state index in [0.717, 1.165) is 35.2 Å². The summed E-state index contributed by atoms with van der Waals surface area (Å²) in [5.74, 6) is -2.09. The lowest BCUT2D eigenvalue weighted by atomic mass is 9.44. The number of Topliss-reactive ketones (excluding diaryl/α,β-unsaturated/α-hetero) is 1. The van der Waals surface area contributed by atoms with Crippen molar-refractivity contribution in [3.8, 4) is 0 Å². The van der Waals surface area contributed by atoms with E-state index in [2.05, 4.69) is 82.3 Å². The second-order valence-corrected chi connectivity index (χ2v) is 24.3. The minimum absolute atomic E-state index is 0.0761. The van der Waals surface area contributed by atoms with Gasteiger partial charge in [-0.3, -0.25) is 14.4 Å². The second-order valence-electron chi connectivity index (χ2n) is 20.0. The van der Waals surface area contributed by atoms with Crippen molar-refractivity contribution >= 4 is 36.4 Å². The minimum Gasteiger partial charge on any atom is -0.462 e. The normalized spacial score (nSPS) is 41.1. The zero-order valence-electron chi connectivity index (χ0n) is 35.3. The maximum atomic E-state index is 13.5. The molecule has 12 atom stereocenters. The predicted octanol–water partition coefficient (Wildman–Crippen LogP) is 6.82. The third-order valence-corrected chi connectivity index (χ3v) is 20.9. The van der Waals surface area contributed by atoms with Gasteiger partial charge in [0.15, 0.2) is 6.10 Å². The molecule has 1 spiro atoms. The van der Waals surface area contributed by atoms with E-state index in [9.17, 15) is 19.5 Å². The third kappa shape index (κ3) is 5.85. The quantitative estimate of drug-likeness (QED) is 0.183. The fraction of sp³-hybridized carbons (Fsp3) is 0.638. The Morgan fingerprint density at radius 1 is 0.912 bits per heavy atom. The van der Waals surface area contributed by atoms with Crippen LogP contribution in [0.3, 0.4) is 0 Å². The lowest BCUT2D eigenvalue weighted by Gasteiger charge is -2.61. The van der Waals surface area contributed by atoms with Gasteiger partial charge in [0.05, 0.1) is 17.6 Å². The summed E-state index contributed by atoms with van der Waals surface area (Å²) >= 11 is 0. The monoisotopic (exact) mass is 798 g/mol. The van der Waals surface area contributed by atoms with Crippen LogP contribution >= 0.6 is 0 Å². The molecule has 10 heteroatoms. The molecule has 2 saturated heterocycles. The Balaban J connectivity index is 1.17. The Morgan fingerprint density at radius 2 is 1.51 bits per heavy atom. The average Bonchev–Trinajstić information content (AvgIpc) is 3.65. The van der Waals surface area contributed by atoms with Gasteiger partial charge in [0.1, 0.15) is 23.6 Å². The molecule has 6 aliphatic rings. The first-order valence-corrected chi connectivity index (χ1v) is 23.1. The van der Waals surface area contributed by atoms with E-state index >= 15 is 0 Å². The molecule has 2 aliphatic heterocycles. The van der Waals surface area contributed by atoms with E-state index in [0.29, 0.717) is 37.4 Å². The zero-order valence-corrected chi connectivity index (χ0v) is 36.3. The summed E-state index contributed by atoms with van der Waals surface area (Å²) in [6.07, 6.45) is 4.55. The zero-order chi connectivity index (χ0) is 41.0. The number of hydrogen-bond donors (Lipinski definition) is 1. The van der Waals surface area contributed by atoms with Crippen molar-refractivity contribution in [1.82, 2.24) is 0 Å². The highest BCUT2D eigenvalue weighted by Gasteiger charge is 2.80. The van der Waals surface area contributed by atoms with E-state index < -0.39 is 66.9 Å². The van der Waals surface area contributed by atoms with Crippen molar-refractivity contribution in [2.24, 2.45) is 34.5 Å². The molecule has 8 rings (SSSR count). The Hall–Kier alpha value is -3.15. The molecule has 0 amide bonds. The first kappa shape index (κ1) is 40.6. The number of carbonyl (C=O) groups excluding carboxylic acids is 3. The smallest absolute Gasteiger partial charge is 0.303 e. The van der Waals surface area contributed by atoms with Gasteiger partial charge in [-0.15, -0.1) is 0 Å². The van der Waals surface area contributed by atoms with Crippen LogP contribution in [0.1, 0.15) is 107 Å². The maximum Gasteiger partial charge on any atom is 0.303 e. The molecule has 2 heterocycles. The topological polar surface area (TPSA) is 118 Å². The van der Waals surface area contributed by atoms with E-state index in [4.69, 9.17) is 23.4 Å². The van der Waals surface area contributed by atoms with Gasteiger partial charge >= 0.3 is 11.9 Å². The molecule has 3 saturated carbocycles. The molecule has 5 fully saturated rings. The van der Waals surface area contributed by atoms with Gasteiger partial charge in [0.2, 0.25) is 5.79 Å². The van der Waals surface area contributed by atoms with Crippen molar-refractivity contribution in [2.45, 2.75) is 148 Å². The molecule has 308 valence electrons. The molecule has 0 bridgehead atoms. The van der Waals surface area contributed by atoms with Gasteiger partial charge in [0.25, 0.3) is 8.32 Å². The molecule has 4 aliphatic carbocycles. The summed E-state index contributed by atoms with van der Waals surface area (Å²) in [6, 6.07) is 20.9. The molecule has 2 aromatic rings. The van der Waals surface area contributed by atoms with E-state index in [1.54, 1.807) is 0 Å². The van der Waals surface area contributed by atoms with Crippen molar-refractivity contribution in [3.63, 3.8) is 0 Å². The van der Waals surface area contributed by atoms with Gasteiger partial charge in [0, 0.05) is 39.0 Å². The van der Waals surface area contributed by atoms with Gasteiger partial charge < -0.3 is 28.5 Å². The van der Waals surface area contributed by atoms with Crippen molar-refractivity contribution < 1.29 is 42.9 Å². The number of rotatable bonds is 7.